The molecule has 150 valence electrons. The van der Waals surface area contributed by atoms with Gasteiger partial charge in [-0.15, -0.1) is 5.10 Å². The van der Waals surface area contributed by atoms with Gasteiger partial charge < -0.3 is 9.32 Å². The predicted molar refractivity (Wildman–Crippen MR) is 110 cm³/mol. The first-order valence-electron chi connectivity index (χ1n) is 10.1. The highest BCUT2D eigenvalue weighted by atomic mass is 16.3. The van der Waals surface area contributed by atoms with Gasteiger partial charge in [0.15, 0.2) is 5.82 Å². The number of rotatable bonds is 5. The van der Waals surface area contributed by atoms with Crippen molar-refractivity contribution in [2.45, 2.75) is 44.6 Å². The average molecular weight is 391 g/mol. The molecule has 29 heavy (non-hydrogen) atoms. The number of carbonyl (C=O) groups excluding carboxylic acids is 1. The standard InChI is InChI=1S/C22H25N5O2/c1-26(18-12-7-2-3-8-13-18)22(28)20(16-19-14-9-15-29-19)27-21(23-24-25-27)17-10-5-4-6-11-17/h4-6,9-11,14-16,18H,2-3,7-8,12-13H2,1H3/b20-16-. The zero-order valence-electron chi connectivity index (χ0n) is 16.6. The molecule has 1 saturated carbocycles. The summed E-state index contributed by atoms with van der Waals surface area (Å²) >= 11 is 0. The molecule has 2 aromatic heterocycles. The van der Waals surface area contributed by atoms with Crippen LogP contribution in [-0.4, -0.2) is 44.1 Å². The second kappa shape index (κ2) is 8.86. The zero-order valence-corrected chi connectivity index (χ0v) is 16.6. The van der Waals surface area contributed by atoms with Crippen molar-refractivity contribution in [1.29, 1.82) is 0 Å². The molecule has 1 amide bonds. The van der Waals surface area contributed by atoms with Crippen LogP contribution in [0.2, 0.25) is 0 Å². The lowest BCUT2D eigenvalue weighted by molar-refractivity contribution is -0.126. The molecule has 0 atom stereocenters. The molecule has 1 fully saturated rings. The maximum Gasteiger partial charge on any atom is 0.272 e. The largest absolute Gasteiger partial charge is 0.465 e. The first-order valence-corrected chi connectivity index (χ1v) is 10.1. The van der Waals surface area contributed by atoms with E-state index in [1.807, 2.05) is 48.3 Å². The second-order valence-electron chi connectivity index (χ2n) is 7.39. The number of tetrazole rings is 1. The molecule has 7 nitrogen and oxygen atoms in total. The van der Waals surface area contributed by atoms with Gasteiger partial charge in [-0.05, 0) is 35.4 Å². The molecule has 0 aliphatic heterocycles. The minimum atomic E-state index is -0.113. The molecule has 4 rings (SSSR count). The van der Waals surface area contributed by atoms with E-state index in [9.17, 15) is 4.79 Å². The van der Waals surface area contributed by atoms with Gasteiger partial charge in [-0.25, -0.2) is 0 Å². The minimum absolute atomic E-state index is 0.113. The molecule has 1 aliphatic carbocycles. The molecule has 0 radical (unpaired) electrons. The topological polar surface area (TPSA) is 77.0 Å². The fraction of sp³-hybridized carbons (Fsp3) is 0.364. The fourth-order valence-electron chi connectivity index (χ4n) is 3.83. The zero-order chi connectivity index (χ0) is 20.1. The maximum atomic E-state index is 13.6. The van der Waals surface area contributed by atoms with Crippen LogP contribution in [0.5, 0.6) is 0 Å². The van der Waals surface area contributed by atoms with Crippen LogP contribution in [0.3, 0.4) is 0 Å². The van der Waals surface area contributed by atoms with Crippen molar-refractivity contribution in [1.82, 2.24) is 25.1 Å². The molecule has 0 bridgehead atoms. The Kier molecular flexibility index (Phi) is 5.84. The van der Waals surface area contributed by atoms with Gasteiger partial charge in [-0.1, -0.05) is 56.0 Å². The van der Waals surface area contributed by atoms with Crippen LogP contribution in [0.1, 0.15) is 44.3 Å². The van der Waals surface area contributed by atoms with E-state index in [4.69, 9.17) is 4.42 Å². The number of carbonyl (C=O) groups is 1. The van der Waals surface area contributed by atoms with Crippen LogP contribution in [0.4, 0.5) is 0 Å². The highest BCUT2D eigenvalue weighted by Crippen LogP contribution is 2.26. The van der Waals surface area contributed by atoms with Crippen LogP contribution < -0.4 is 0 Å². The summed E-state index contributed by atoms with van der Waals surface area (Å²) in [6, 6.07) is 13.4. The number of furan rings is 1. The van der Waals surface area contributed by atoms with Gasteiger partial charge in [0.1, 0.15) is 11.5 Å². The van der Waals surface area contributed by atoms with Crippen LogP contribution in [0, 0.1) is 0 Å². The Morgan fingerprint density at radius 3 is 2.55 bits per heavy atom. The first kappa shape index (κ1) is 19.1. The Bertz CT molecular complexity index is 954. The number of nitrogens with zero attached hydrogens (tertiary/aromatic N) is 5. The van der Waals surface area contributed by atoms with Gasteiger partial charge in [0.05, 0.1) is 6.26 Å². The summed E-state index contributed by atoms with van der Waals surface area (Å²) in [4.78, 5) is 15.4. The lowest BCUT2D eigenvalue weighted by atomic mass is 10.1. The molecule has 3 aromatic rings. The summed E-state index contributed by atoms with van der Waals surface area (Å²) in [7, 11) is 1.88. The molecule has 7 heteroatoms. The molecular formula is C22H25N5O2. The molecular weight excluding hydrogens is 366 g/mol. The lowest BCUT2D eigenvalue weighted by Crippen LogP contribution is -2.38. The van der Waals surface area contributed by atoms with Gasteiger partial charge in [0.2, 0.25) is 0 Å². The van der Waals surface area contributed by atoms with E-state index in [2.05, 4.69) is 15.5 Å². The van der Waals surface area contributed by atoms with E-state index < -0.39 is 0 Å². The summed E-state index contributed by atoms with van der Waals surface area (Å²) < 4.78 is 6.98. The maximum absolute atomic E-state index is 13.6. The molecule has 1 aromatic carbocycles. The predicted octanol–water partition coefficient (Wildman–Crippen LogP) is 4.11. The van der Waals surface area contributed by atoms with Crippen molar-refractivity contribution in [2.24, 2.45) is 0 Å². The summed E-state index contributed by atoms with van der Waals surface area (Å²) in [5.41, 5.74) is 1.21. The van der Waals surface area contributed by atoms with E-state index in [-0.39, 0.29) is 11.9 Å². The molecule has 2 heterocycles. The van der Waals surface area contributed by atoms with Crippen molar-refractivity contribution in [2.75, 3.05) is 7.05 Å². The van der Waals surface area contributed by atoms with E-state index in [1.165, 1.54) is 17.5 Å². The Balaban J connectivity index is 1.72. The van der Waals surface area contributed by atoms with Gasteiger partial charge in [0, 0.05) is 24.7 Å². The van der Waals surface area contributed by atoms with Gasteiger partial charge in [-0.3, -0.25) is 4.79 Å². The average Bonchev–Trinajstić information content (AvgIpc) is 3.38. The molecule has 0 unspecified atom stereocenters. The van der Waals surface area contributed by atoms with Gasteiger partial charge in [0.25, 0.3) is 5.91 Å². The number of hydrogen-bond acceptors (Lipinski definition) is 5. The summed E-state index contributed by atoms with van der Waals surface area (Å²) in [5.74, 6) is 0.987. The highest BCUT2D eigenvalue weighted by molar-refractivity contribution is 6.18. The smallest absolute Gasteiger partial charge is 0.272 e. The van der Waals surface area contributed by atoms with E-state index in [0.717, 1.165) is 31.2 Å². The monoisotopic (exact) mass is 391 g/mol. The van der Waals surface area contributed by atoms with Crippen LogP contribution in [0.25, 0.3) is 23.2 Å². The van der Waals surface area contributed by atoms with Crippen molar-refractivity contribution in [3.63, 3.8) is 0 Å². The molecule has 0 spiro atoms. The summed E-state index contributed by atoms with van der Waals surface area (Å²) in [6.07, 6.45) is 10.1. The van der Waals surface area contributed by atoms with Crippen molar-refractivity contribution < 1.29 is 9.21 Å². The van der Waals surface area contributed by atoms with Gasteiger partial charge in [-0.2, -0.15) is 4.68 Å². The number of likely N-dealkylation sites (N-methyl/N-ethyl adjacent to an activating group) is 1. The Hall–Kier alpha value is -3.22. The van der Waals surface area contributed by atoms with Crippen LogP contribution >= 0.6 is 0 Å². The second-order valence-corrected chi connectivity index (χ2v) is 7.39. The third-order valence-electron chi connectivity index (χ3n) is 5.46. The van der Waals surface area contributed by atoms with Crippen molar-refractivity contribution >= 4 is 17.7 Å². The summed E-state index contributed by atoms with van der Waals surface area (Å²) in [5, 5.41) is 12.1. The quantitative estimate of drug-likeness (QED) is 0.483. The van der Waals surface area contributed by atoms with E-state index in [0.29, 0.717) is 17.3 Å². The number of amides is 1. The lowest BCUT2D eigenvalue weighted by Gasteiger charge is -2.28. The Morgan fingerprint density at radius 2 is 1.86 bits per heavy atom. The van der Waals surface area contributed by atoms with Gasteiger partial charge >= 0.3 is 0 Å². The third-order valence-corrected chi connectivity index (χ3v) is 5.46. The van der Waals surface area contributed by atoms with Crippen LogP contribution in [0.15, 0.2) is 53.1 Å². The van der Waals surface area contributed by atoms with Crippen LogP contribution in [-0.2, 0) is 4.79 Å². The van der Waals surface area contributed by atoms with Crippen molar-refractivity contribution in [3.05, 3.63) is 54.5 Å². The highest BCUT2D eigenvalue weighted by Gasteiger charge is 2.27. The fourth-order valence-corrected chi connectivity index (χ4v) is 3.83. The summed E-state index contributed by atoms with van der Waals surface area (Å²) in [6.45, 7) is 0. The Morgan fingerprint density at radius 1 is 1.10 bits per heavy atom. The SMILES string of the molecule is CN(C(=O)/C(=C/c1ccco1)n1nnnc1-c1ccccc1)C1CCCCCC1. The minimum Gasteiger partial charge on any atom is -0.465 e. The van der Waals surface area contributed by atoms with Crippen molar-refractivity contribution in [3.8, 4) is 11.4 Å². The molecule has 1 aliphatic rings. The number of hydrogen-bond donors (Lipinski definition) is 0. The molecule has 0 N–H and O–H groups in total. The number of benzene rings is 1. The van der Waals surface area contributed by atoms with E-state index >= 15 is 0 Å². The number of aromatic nitrogens is 4. The Labute approximate surface area is 170 Å². The normalized spacial score (nSPS) is 15.8. The van der Waals surface area contributed by atoms with E-state index in [1.54, 1.807) is 18.4 Å². The third kappa shape index (κ3) is 4.29. The molecule has 0 saturated heterocycles. The first-order chi connectivity index (χ1) is 14.2.